The number of aromatic amines is 1. The van der Waals surface area contributed by atoms with Crippen LogP contribution in [0.1, 0.15) is 31.4 Å². The smallest absolute Gasteiger partial charge is 0.326 e. The van der Waals surface area contributed by atoms with Crippen LogP contribution in [0.15, 0.2) is 64.4 Å². The van der Waals surface area contributed by atoms with Gasteiger partial charge in [0.1, 0.15) is 28.9 Å². The number of aromatic nitrogens is 3. The highest BCUT2D eigenvalue weighted by Gasteiger charge is 2.27. The van der Waals surface area contributed by atoms with E-state index in [4.69, 9.17) is 25.6 Å². The lowest BCUT2D eigenvalue weighted by molar-refractivity contribution is -0.142. The lowest BCUT2D eigenvalue weighted by Crippen LogP contribution is -2.53. The lowest BCUT2D eigenvalue weighted by Gasteiger charge is -2.28. The number of benzene rings is 2. The third-order valence-corrected chi connectivity index (χ3v) is 9.65. The van der Waals surface area contributed by atoms with Gasteiger partial charge >= 0.3 is 5.97 Å². The number of nitrogens with one attached hydrogen (secondary N) is 5. The normalized spacial score (nSPS) is 14.6. The van der Waals surface area contributed by atoms with Crippen molar-refractivity contribution in [3.63, 3.8) is 0 Å². The number of nitrogens with two attached hydrogens (primary N) is 2. The molecule has 3 aromatic heterocycles. The topological polar surface area (TPSA) is 268 Å². The average Bonchev–Trinajstić information content (AvgIpc) is 3.83. The monoisotopic (exact) mass is 769 g/mol. The fourth-order valence-corrected chi connectivity index (χ4v) is 6.59. The quantitative estimate of drug-likeness (QED) is 0.0357. The molecule has 0 aliphatic carbocycles. The van der Waals surface area contributed by atoms with E-state index in [9.17, 15) is 24.3 Å². The SMILES string of the molecule is CN1CCC(COc2ccc3oc4c(NCC(=O)NCC(=O)NC(CCCN=C(N)N)C(=O)NC(Cc5cnc[nH]5)C(=O)O)c5ccccc5nc4c3c2)CC1. The molecule has 1 saturated heterocycles. The van der Waals surface area contributed by atoms with Crippen molar-refractivity contribution in [2.45, 2.75) is 44.2 Å². The van der Waals surface area contributed by atoms with E-state index >= 15 is 0 Å². The van der Waals surface area contributed by atoms with Crippen LogP contribution in [0.4, 0.5) is 5.69 Å². The fourth-order valence-electron chi connectivity index (χ4n) is 6.59. The van der Waals surface area contributed by atoms with Gasteiger partial charge in [-0.3, -0.25) is 19.4 Å². The number of carboxylic acids is 1. The van der Waals surface area contributed by atoms with Gasteiger partial charge in [0.15, 0.2) is 11.5 Å². The molecular formula is C38H47N11O7. The second-order valence-electron chi connectivity index (χ2n) is 13.9. The third-order valence-electron chi connectivity index (χ3n) is 9.65. The van der Waals surface area contributed by atoms with Gasteiger partial charge in [0.25, 0.3) is 0 Å². The molecule has 1 fully saturated rings. The minimum absolute atomic E-state index is 0.0555. The summed E-state index contributed by atoms with van der Waals surface area (Å²) in [5, 5.41) is 22.1. The summed E-state index contributed by atoms with van der Waals surface area (Å²) in [7, 11) is 2.13. The number of furan rings is 1. The Morgan fingerprint density at radius 3 is 2.61 bits per heavy atom. The van der Waals surface area contributed by atoms with Crippen LogP contribution in [0.2, 0.25) is 0 Å². The van der Waals surface area contributed by atoms with Gasteiger partial charge in [0, 0.05) is 30.2 Å². The first kappa shape index (κ1) is 39.3. The number of hydrogen-bond acceptors (Lipinski definition) is 11. The highest BCUT2D eigenvalue weighted by Crippen LogP contribution is 2.38. The van der Waals surface area contributed by atoms with Gasteiger partial charge in [0.2, 0.25) is 17.7 Å². The molecule has 2 aromatic carbocycles. The van der Waals surface area contributed by atoms with Gasteiger partial charge in [-0.25, -0.2) is 14.8 Å². The Kier molecular flexibility index (Phi) is 12.8. The van der Waals surface area contributed by atoms with Crippen LogP contribution in [0.25, 0.3) is 33.0 Å². The molecule has 0 bridgehead atoms. The number of likely N-dealkylation sites (tertiary alicyclic amines) is 1. The van der Waals surface area contributed by atoms with Crippen molar-refractivity contribution >= 4 is 68.3 Å². The van der Waals surface area contributed by atoms with Crippen LogP contribution < -0.4 is 37.5 Å². The van der Waals surface area contributed by atoms with Crippen molar-refractivity contribution in [1.29, 1.82) is 0 Å². The number of H-pyrrole nitrogens is 1. The number of aliphatic carboxylic acids is 1. The largest absolute Gasteiger partial charge is 0.493 e. The van der Waals surface area contributed by atoms with E-state index in [0.29, 0.717) is 52.5 Å². The van der Waals surface area contributed by atoms with Gasteiger partial charge in [0.05, 0.1) is 42.6 Å². The Hall–Kier alpha value is -6.43. The third kappa shape index (κ3) is 10.2. The molecular weight excluding hydrogens is 722 g/mol. The zero-order valence-electron chi connectivity index (χ0n) is 31.0. The van der Waals surface area contributed by atoms with E-state index in [2.05, 4.69) is 48.2 Å². The Balaban J connectivity index is 1.09. The van der Waals surface area contributed by atoms with E-state index in [-0.39, 0.29) is 31.9 Å². The van der Waals surface area contributed by atoms with Crippen molar-refractivity contribution in [1.82, 2.24) is 35.8 Å². The molecule has 296 valence electrons. The summed E-state index contributed by atoms with van der Waals surface area (Å²) in [6, 6.07) is 10.7. The molecule has 0 spiro atoms. The summed E-state index contributed by atoms with van der Waals surface area (Å²) in [5.74, 6) is -2.06. The Bertz CT molecular complexity index is 2190. The minimum atomic E-state index is -1.29. The molecule has 0 radical (unpaired) electrons. The maximum atomic E-state index is 13.2. The van der Waals surface area contributed by atoms with Crippen molar-refractivity contribution in [2.24, 2.45) is 22.4 Å². The molecule has 2 unspecified atom stereocenters. The molecule has 18 heteroatoms. The first-order chi connectivity index (χ1) is 27.0. The van der Waals surface area contributed by atoms with E-state index in [1.54, 1.807) is 0 Å². The number of piperidine rings is 1. The molecule has 0 saturated carbocycles. The number of ether oxygens (including phenoxy) is 1. The van der Waals surface area contributed by atoms with Gasteiger partial charge in [-0.05, 0) is 76.0 Å². The first-order valence-corrected chi connectivity index (χ1v) is 18.5. The number of anilines is 1. The van der Waals surface area contributed by atoms with Crippen molar-refractivity contribution in [2.75, 3.05) is 51.7 Å². The highest BCUT2D eigenvalue weighted by atomic mass is 16.5. The van der Waals surface area contributed by atoms with Crippen LogP contribution in [0.5, 0.6) is 5.75 Å². The summed E-state index contributed by atoms with van der Waals surface area (Å²) in [6.45, 7) is 2.27. The average molecular weight is 770 g/mol. The number of pyridine rings is 1. The second-order valence-corrected chi connectivity index (χ2v) is 13.9. The number of carboxylic acid groups (broad SMARTS) is 1. The van der Waals surface area contributed by atoms with Gasteiger partial charge in [-0.2, -0.15) is 0 Å². The number of aliphatic imine (C=N–C) groups is 1. The molecule has 10 N–H and O–H groups in total. The van der Waals surface area contributed by atoms with Gasteiger partial charge in [-0.1, -0.05) is 18.2 Å². The number of carbonyl (C=O) groups is 4. The molecule has 56 heavy (non-hydrogen) atoms. The van der Waals surface area contributed by atoms with Crippen LogP contribution >= 0.6 is 0 Å². The molecule has 1 aliphatic rings. The van der Waals surface area contributed by atoms with Crippen molar-refractivity contribution in [3.8, 4) is 5.75 Å². The molecule has 3 amide bonds. The van der Waals surface area contributed by atoms with E-state index in [0.717, 1.165) is 42.5 Å². The van der Waals surface area contributed by atoms with E-state index in [1.165, 1.54) is 12.5 Å². The van der Waals surface area contributed by atoms with E-state index in [1.807, 2.05) is 42.5 Å². The molecule has 2 atom stereocenters. The molecule has 18 nitrogen and oxygen atoms in total. The maximum absolute atomic E-state index is 13.2. The van der Waals surface area contributed by atoms with Gasteiger partial charge < -0.3 is 56.9 Å². The predicted molar refractivity (Wildman–Crippen MR) is 210 cm³/mol. The number of nitrogens with zero attached hydrogens (tertiary/aromatic N) is 4. The number of rotatable bonds is 18. The number of amides is 3. The number of para-hydroxylation sites is 1. The zero-order valence-corrected chi connectivity index (χ0v) is 31.0. The lowest BCUT2D eigenvalue weighted by atomic mass is 9.98. The van der Waals surface area contributed by atoms with Crippen LogP contribution in [0.3, 0.4) is 0 Å². The summed E-state index contributed by atoms with van der Waals surface area (Å²) in [4.78, 5) is 69.1. The standard InChI is InChI=1S/C38H47N11O7/c1-49-13-10-22(11-14-49)20-55-24-8-9-30-26(16-24)34-35(56-30)33(25-5-2-3-6-27(25)47-34)44-18-31(50)43-19-32(51)46-28(7-4-12-42-38(39)40)36(52)48-29(37(53)54)15-23-17-41-21-45-23/h2-3,5-6,8-9,16-17,21-22,28-29H,4,7,10-15,18-20H2,1H3,(H,41,45)(H,43,50)(H,44,47)(H,46,51)(H,48,52)(H,53,54)(H4,39,40,42). The van der Waals surface area contributed by atoms with Crippen molar-refractivity contribution < 1.29 is 33.4 Å². The Morgan fingerprint density at radius 2 is 1.86 bits per heavy atom. The Labute approximate surface area is 321 Å². The van der Waals surface area contributed by atoms with Crippen LogP contribution in [-0.2, 0) is 25.6 Å². The number of guanidine groups is 1. The fraction of sp³-hybridized carbons (Fsp3) is 0.395. The van der Waals surface area contributed by atoms with Crippen molar-refractivity contribution in [3.05, 3.63) is 60.7 Å². The first-order valence-electron chi connectivity index (χ1n) is 18.5. The molecule has 4 heterocycles. The summed E-state index contributed by atoms with van der Waals surface area (Å²) < 4.78 is 12.5. The molecule has 6 rings (SSSR count). The second kappa shape index (κ2) is 18.3. The molecule has 1 aliphatic heterocycles. The van der Waals surface area contributed by atoms with Crippen LogP contribution in [-0.4, -0.2) is 113 Å². The van der Waals surface area contributed by atoms with Gasteiger partial charge in [-0.15, -0.1) is 0 Å². The van der Waals surface area contributed by atoms with Crippen LogP contribution in [0, 0.1) is 5.92 Å². The zero-order chi connectivity index (χ0) is 39.6. The Morgan fingerprint density at radius 1 is 1.05 bits per heavy atom. The highest BCUT2D eigenvalue weighted by molar-refractivity contribution is 6.14. The summed E-state index contributed by atoms with van der Waals surface area (Å²) in [6.07, 6.45) is 5.37. The number of fused-ring (bicyclic) bond motifs is 4. The maximum Gasteiger partial charge on any atom is 0.326 e. The minimum Gasteiger partial charge on any atom is -0.493 e. The number of imidazole rings is 1. The number of carbonyl (C=O) groups excluding carboxylic acids is 3. The predicted octanol–water partition coefficient (Wildman–Crippen LogP) is 1.46. The number of hydrogen-bond donors (Lipinski definition) is 8. The molecule has 5 aromatic rings. The van der Waals surface area contributed by atoms with E-state index < -0.39 is 42.3 Å². The summed E-state index contributed by atoms with van der Waals surface area (Å²) >= 11 is 0. The summed E-state index contributed by atoms with van der Waals surface area (Å²) in [5.41, 5.74) is 14.3.